The second-order valence-corrected chi connectivity index (χ2v) is 6.53. The lowest BCUT2D eigenvalue weighted by Gasteiger charge is -2.27. The summed E-state index contributed by atoms with van der Waals surface area (Å²) in [6.07, 6.45) is 1.08. The van der Waals surface area contributed by atoms with Gasteiger partial charge in [0.25, 0.3) is 0 Å². The molecule has 0 fully saturated rings. The lowest BCUT2D eigenvalue weighted by molar-refractivity contribution is -0.121. The predicted molar refractivity (Wildman–Crippen MR) is 108 cm³/mol. The second-order valence-electron chi connectivity index (χ2n) is 6.53. The van der Waals surface area contributed by atoms with E-state index in [0.29, 0.717) is 6.54 Å². The van der Waals surface area contributed by atoms with Gasteiger partial charge in [0.15, 0.2) is 17.3 Å². The van der Waals surface area contributed by atoms with Crippen LogP contribution >= 0.6 is 12.4 Å². The maximum absolute atomic E-state index is 13.7. The Morgan fingerprint density at radius 3 is 2.75 bits per heavy atom. The van der Waals surface area contributed by atoms with Crippen molar-refractivity contribution in [2.24, 2.45) is 0 Å². The Bertz CT molecular complexity index is 844. The molecule has 0 radical (unpaired) electrons. The van der Waals surface area contributed by atoms with E-state index in [4.69, 9.17) is 4.74 Å². The first-order valence-electron chi connectivity index (χ1n) is 9.03. The molecule has 1 aliphatic heterocycles. The first-order chi connectivity index (χ1) is 13.1. The van der Waals surface area contributed by atoms with Gasteiger partial charge in [0.05, 0.1) is 7.11 Å². The summed E-state index contributed by atoms with van der Waals surface area (Å²) in [6.45, 7) is 1.35. The standard InChI is InChI=1S/C21H23FN2O3.ClH/c1-27-20-8-6-15(12-17(20)22)19(25)7-9-21(26)24-13-18-16-5-3-2-4-14(16)10-11-23-18;/h2-6,8,12,18,23H,7,9-11,13H2,1H3,(H,24,26);1H. The number of carbonyl (C=O) groups excluding carboxylic acids is 2. The van der Waals surface area contributed by atoms with Crippen molar-refractivity contribution >= 4 is 24.1 Å². The van der Waals surface area contributed by atoms with Gasteiger partial charge in [-0.15, -0.1) is 12.4 Å². The maximum atomic E-state index is 13.7. The normalized spacial score (nSPS) is 15.1. The monoisotopic (exact) mass is 406 g/mol. The highest BCUT2D eigenvalue weighted by atomic mass is 35.5. The number of amides is 1. The molecule has 1 heterocycles. The summed E-state index contributed by atoms with van der Waals surface area (Å²) in [7, 11) is 1.36. The fraction of sp³-hybridized carbons (Fsp3) is 0.333. The Kier molecular flexibility index (Phi) is 7.96. The van der Waals surface area contributed by atoms with E-state index in [1.165, 1.54) is 30.4 Å². The van der Waals surface area contributed by atoms with Crippen LogP contribution in [0.1, 0.15) is 40.4 Å². The molecule has 0 aromatic heterocycles. The highest BCUT2D eigenvalue weighted by Crippen LogP contribution is 2.22. The summed E-state index contributed by atoms with van der Waals surface area (Å²) < 4.78 is 18.5. The molecule has 0 spiro atoms. The highest BCUT2D eigenvalue weighted by Gasteiger charge is 2.20. The summed E-state index contributed by atoms with van der Waals surface area (Å²) in [5, 5.41) is 6.29. The highest BCUT2D eigenvalue weighted by molar-refractivity contribution is 5.98. The average Bonchev–Trinajstić information content (AvgIpc) is 2.70. The zero-order valence-electron chi connectivity index (χ0n) is 15.7. The molecule has 2 aromatic rings. The first-order valence-corrected chi connectivity index (χ1v) is 9.03. The van der Waals surface area contributed by atoms with E-state index in [1.807, 2.05) is 12.1 Å². The molecule has 150 valence electrons. The number of ketones is 1. The van der Waals surface area contributed by atoms with E-state index in [0.717, 1.165) is 19.0 Å². The number of rotatable bonds is 7. The number of fused-ring (bicyclic) bond motifs is 1. The topological polar surface area (TPSA) is 67.4 Å². The van der Waals surface area contributed by atoms with Crippen molar-refractivity contribution in [1.29, 1.82) is 0 Å². The van der Waals surface area contributed by atoms with Gasteiger partial charge in [-0.25, -0.2) is 4.39 Å². The first kappa shape index (κ1) is 21.9. The minimum Gasteiger partial charge on any atom is -0.494 e. The van der Waals surface area contributed by atoms with Crippen molar-refractivity contribution in [3.05, 3.63) is 65.0 Å². The zero-order valence-corrected chi connectivity index (χ0v) is 16.5. The van der Waals surface area contributed by atoms with Crippen LogP contribution in [0, 0.1) is 5.82 Å². The van der Waals surface area contributed by atoms with E-state index in [2.05, 4.69) is 22.8 Å². The maximum Gasteiger partial charge on any atom is 0.220 e. The average molecular weight is 407 g/mol. The molecule has 1 unspecified atom stereocenters. The van der Waals surface area contributed by atoms with Gasteiger partial charge >= 0.3 is 0 Å². The summed E-state index contributed by atoms with van der Waals surface area (Å²) in [5.74, 6) is -0.963. The molecule has 7 heteroatoms. The van der Waals surface area contributed by atoms with E-state index >= 15 is 0 Å². The molecule has 5 nitrogen and oxygen atoms in total. The van der Waals surface area contributed by atoms with Gasteiger partial charge in [-0.05, 0) is 42.3 Å². The van der Waals surface area contributed by atoms with Crippen molar-refractivity contribution < 1.29 is 18.7 Å². The van der Waals surface area contributed by atoms with Crippen molar-refractivity contribution in [2.75, 3.05) is 20.2 Å². The van der Waals surface area contributed by atoms with E-state index in [-0.39, 0.29) is 54.3 Å². The van der Waals surface area contributed by atoms with E-state index in [9.17, 15) is 14.0 Å². The van der Waals surface area contributed by atoms with Crippen LogP contribution in [-0.4, -0.2) is 31.9 Å². The largest absolute Gasteiger partial charge is 0.494 e. The Hall–Kier alpha value is -2.44. The Labute approximate surface area is 170 Å². The van der Waals surface area contributed by atoms with Crippen LogP contribution in [0.4, 0.5) is 4.39 Å². The third-order valence-corrected chi connectivity index (χ3v) is 4.77. The van der Waals surface area contributed by atoms with Crippen molar-refractivity contribution in [3.8, 4) is 5.75 Å². The summed E-state index contributed by atoms with van der Waals surface area (Å²) >= 11 is 0. The molecule has 1 amide bonds. The third-order valence-electron chi connectivity index (χ3n) is 4.77. The van der Waals surface area contributed by atoms with Crippen LogP contribution in [0.25, 0.3) is 0 Å². The number of ether oxygens (including phenoxy) is 1. The lowest BCUT2D eigenvalue weighted by Crippen LogP contribution is -2.38. The van der Waals surface area contributed by atoms with Gasteiger partial charge in [0.2, 0.25) is 5.91 Å². The number of benzene rings is 2. The van der Waals surface area contributed by atoms with Gasteiger partial charge in [0, 0.05) is 31.0 Å². The van der Waals surface area contributed by atoms with Gasteiger partial charge in [-0.3, -0.25) is 9.59 Å². The third kappa shape index (κ3) is 5.30. The molecule has 2 aromatic carbocycles. The smallest absolute Gasteiger partial charge is 0.220 e. The number of hydrogen-bond donors (Lipinski definition) is 2. The van der Waals surface area contributed by atoms with Gasteiger partial charge < -0.3 is 15.4 Å². The van der Waals surface area contributed by atoms with E-state index < -0.39 is 5.82 Å². The molecule has 2 N–H and O–H groups in total. The predicted octanol–water partition coefficient (Wildman–Crippen LogP) is 3.22. The number of hydrogen-bond acceptors (Lipinski definition) is 4. The molecule has 1 aliphatic rings. The summed E-state index contributed by atoms with van der Waals surface area (Å²) in [5.41, 5.74) is 2.74. The zero-order chi connectivity index (χ0) is 19.2. The van der Waals surface area contributed by atoms with E-state index in [1.54, 1.807) is 0 Å². The summed E-state index contributed by atoms with van der Waals surface area (Å²) in [6, 6.07) is 12.3. The van der Waals surface area contributed by atoms with Crippen LogP contribution in [-0.2, 0) is 11.2 Å². The molecule has 0 bridgehead atoms. The van der Waals surface area contributed by atoms with Crippen LogP contribution in [0.3, 0.4) is 0 Å². The second kappa shape index (κ2) is 10.2. The number of Topliss-reactive ketones (excluding diaryl/α,β-unsaturated/α-hetero) is 1. The molecular weight excluding hydrogens is 383 g/mol. The minimum atomic E-state index is -0.588. The quantitative estimate of drug-likeness (QED) is 0.693. The number of carbonyl (C=O) groups is 2. The molecular formula is C21H24ClFN2O3. The fourth-order valence-corrected chi connectivity index (χ4v) is 3.29. The van der Waals surface area contributed by atoms with Gasteiger partial charge in [-0.2, -0.15) is 0 Å². The fourth-order valence-electron chi connectivity index (χ4n) is 3.29. The Morgan fingerprint density at radius 2 is 2.00 bits per heavy atom. The Morgan fingerprint density at radius 1 is 1.21 bits per heavy atom. The van der Waals surface area contributed by atoms with Crippen LogP contribution < -0.4 is 15.4 Å². The van der Waals surface area contributed by atoms with Crippen LogP contribution in [0.2, 0.25) is 0 Å². The Balaban J connectivity index is 0.00000280. The molecule has 1 atom stereocenters. The van der Waals surface area contributed by atoms with Crippen LogP contribution in [0.15, 0.2) is 42.5 Å². The molecule has 3 rings (SSSR count). The number of methoxy groups -OCH3 is 1. The van der Waals surface area contributed by atoms with Crippen molar-refractivity contribution in [3.63, 3.8) is 0 Å². The molecule has 28 heavy (non-hydrogen) atoms. The number of halogens is 2. The van der Waals surface area contributed by atoms with Crippen molar-refractivity contribution in [1.82, 2.24) is 10.6 Å². The van der Waals surface area contributed by atoms with Crippen LogP contribution in [0.5, 0.6) is 5.75 Å². The van der Waals surface area contributed by atoms with Gasteiger partial charge in [-0.1, -0.05) is 24.3 Å². The molecule has 0 saturated carbocycles. The molecule has 0 saturated heterocycles. The summed E-state index contributed by atoms with van der Waals surface area (Å²) in [4.78, 5) is 24.3. The number of nitrogens with one attached hydrogen (secondary N) is 2. The minimum absolute atomic E-state index is 0. The van der Waals surface area contributed by atoms with Crippen molar-refractivity contribution in [2.45, 2.75) is 25.3 Å². The van der Waals surface area contributed by atoms with Gasteiger partial charge in [0.1, 0.15) is 0 Å². The SMILES string of the molecule is COc1ccc(C(=O)CCC(=O)NCC2NCCc3ccccc32)cc1F.Cl. The molecule has 0 aliphatic carbocycles. The lowest BCUT2D eigenvalue weighted by atomic mass is 9.94.